The van der Waals surface area contributed by atoms with Gasteiger partial charge in [0.15, 0.2) is 0 Å². The van der Waals surface area contributed by atoms with Crippen LogP contribution < -0.4 is 0 Å². The fourth-order valence-corrected chi connectivity index (χ4v) is 4.13. The Balaban J connectivity index is 3.63. The maximum atomic E-state index is 11.6. The van der Waals surface area contributed by atoms with Gasteiger partial charge in [-0.25, -0.2) is 0 Å². The van der Waals surface area contributed by atoms with Crippen LogP contribution >= 0.6 is 7.60 Å². The molecule has 0 bridgehead atoms. The summed E-state index contributed by atoms with van der Waals surface area (Å²) in [7, 11) is -4.50. The number of ether oxygens (including phenoxy) is 1. The van der Waals surface area contributed by atoms with Crippen molar-refractivity contribution in [3.8, 4) is 0 Å². The smallest absolute Gasteiger partial charge is 0.336 e. The highest BCUT2D eigenvalue weighted by atomic mass is 31.2. The van der Waals surface area contributed by atoms with Crippen molar-refractivity contribution in [1.29, 1.82) is 0 Å². The molecule has 0 radical (unpaired) electrons. The van der Waals surface area contributed by atoms with E-state index in [1.807, 2.05) is 0 Å². The van der Waals surface area contributed by atoms with Gasteiger partial charge in [-0.05, 0) is 12.8 Å². The molecule has 0 aliphatic rings. The van der Waals surface area contributed by atoms with Gasteiger partial charge in [-0.1, -0.05) is 103 Å². The molecule has 0 saturated heterocycles. The van der Waals surface area contributed by atoms with Crippen LogP contribution in [0.3, 0.4) is 0 Å². The lowest BCUT2D eigenvalue weighted by Gasteiger charge is -2.22. The second-order valence-corrected chi connectivity index (χ2v) is 10.3. The van der Waals surface area contributed by atoms with Crippen LogP contribution in [0.15, 0.2) is 0 Å². The molecule has 0 aliphatic carbocycles. The number of rotatable bonds is 22. The van der Waals surface area contributed by atoms with Crippen molar-refractivity contribution in [3.05, 3.63) is 0 Å². The van der Waals surface area contributed by atoms with Gasteiger partial charge in [0.05, 0.1) is 6.61 Å². The minimum Gasteiger partial charge on any atom is -0.459 e. The molecule has 8 heteroatoms. The van der Waals surface area contributed by atoms with Crippen molar-refractivity contribution in [2.45, 2.75) is 128 Å². The molecule has 0 aromatic rings. The van der Waals surface area contributed by atoms with Gasteiger partial charge in [0.25, 0.3) is 0 Å². The number of esters is 1. The SMILES string of the molecule is CCCCCCCCCCCCCCCCCCC(OC(=O)CP(=O)(O)O)[C@@H](O)CO. The number of aliphatic hydroxyl groups excluding tert-OH is 2. The summed E-state index contributed by atoms with van der Waals surface area (Å²) in [4.78, 5) is 29.2. The molecule has 31 heavy (non-hydrogen) atoms. The molecule has 0 amide bonds. The summed E-state index contributed by atoms with van der Waals surface area (Å²) in [5.74, 6) is -1.05. The number of carbonyl (C=O) groups is 1. The van der Waals surface area contributed by atoms with E-state index in [2.05, 4.69) is 6.92 Å². The largest absolute Gasteiger partial charge is 0.459 e. The maximum Gasteiger partial charge on any atom is 0.336 e. The highest BCUT2D eigenvalue weighted by Crippen LogP contribution is 2.34. The lowest BCUT2D eigenvalue weighted by atomic mass is 10.0. The molecular formula is C23H47O7P. The lowest BCUT2D eigenvalue weighted by molar-refractivity contribution is -0.154. The first kappa shape index (κ1) is 30.5. The van der Waals surface area contributed by atoms with Gasteiger partial charge in [-0.15, -0.1) is 0 Å². The Kier molecular flexibility index (Phi) is 19.9. The number of aliphatic hydroxyl groups is 2. The topological polar surface area (TPSA) is 124 Å². The molecule has 0 saturated carbocycles. The molecule has 7 nitrogen and oxygen atoms in total. The summed E-state index contributed by atoms with van der Waals surface area (Å²) < 4.78 is 15.8. The predicted molar refractivity (Wildman–Crippen MR) is 124 cm³/mol. The van der Waals surface area contributed by atoms with E-state index < -0.39 is 38.5 Å². The Morgan fingerprint density at radius 3 is 1.52 bits per heavy atom. The molecule has 0 rings (SSSR count). The molecule has 0 aromatic carbocycles. The third kappa shape index (κ3) is 21.2. The number of hydrogen-bond acceptors (Lipinski definition) is 5. The van der Waals surface area contributed by atoms with Crippen LogP contribution in [-0.2, 0) is 14.1 Å². The van der Waals surface area contributed by atoms with Gasteiger partial charge in [0.2, 0.25) is 0 Å². The maximum absolute atomic E-state index is 11.6. The van der Waals surface area contributed by atoms with Gasteiger partial charge in [-0.2, -0.15) is 0 Å². The third-order valence-electron chi connectivity index (χ3n) is 5.58. The second-order valence-electron chi connectivity index (χ2n) is 8.69. The zero-order valence-electron chi connectivity index (χ0n) is 19.6. The summed E-state index contributed by atoms with van der Waals surface area (Å²) in [5.41, 5.74) is 0. The van der Waals surface area contributed by atoms with Crippen molar-refractivity contribution in [2.24, 2.45) is 0 Å². The van der Waals surface area contributed by atoms with E-state index >= 15 is 0 Å². The molecule has 186 valence electrons. The second kappa shape index (κ2) is 20.2. The quantitative estimate of drug-likeness (QED) is 0.0996. The van der Waals surface area contributed by atoms with E-state index in [-0.39, 0.29) is 0 Å². The predicted octanol–water partition coefficient (Wildman–Crippen LogP) is 5.08. The Morgan fingerprint density at radius 2 is 1.16 bits per heavy atom. The minimum absolute atomic E-state index is 0.368. The van der Waals surface area contributed by atoms with Crippen LogP contribution in [0.5, 0.6) is 0 Å². The van der Waals surface area contributed by atoms with E-state index in [4.69, 9.17) is 19.6 Å². The van der Waals surface area contributed by atoms with Gasteiger partial charge in [0, 0.05) is 0 Å². The summed E-state index contributed by atoms with van der Waals surface area (Å²) in [6.45, 7) is 1.69. The molecule has 0 aliphatic heterocycles. The summed E-state index contributed by atoms with van der Waals surface area (Å²) in [6.07, 6.45) is 17.1. The van der Waals surface area contributed by atoms with Crippen LogP contribution in [0.2, 0.25) is 0 Å². The average Bonchev–Trinajstić information content (AvgIpc) is 2.70. The van der Waals surface area contributed by atoms with Crippen LogP contribution in [0, 0.1) is 0 Å². The Morgan fingerprint density at radius 1 is 0.774 bits per heavy atom. The third-order valence-corrected chi connectivity index (χ3v) is 6.25. The van der Waals surface area contributed by atoms with Crippen LogP contribution in [0.4, 0.5) is 0 Å². The van der Waals surface area contributed by atoms with Gasteiger partial charge >= 0.3 is 13.6 Å². The molecule has 4 N–H and O–H groups in total. The Bertz CT molecular complexity index is 467. The molecule has 0 aromatic heterocycles. The van der Waals surface area contributed by atoms with E-state index in [1.165, 1.54) is 77.0 Å². The summed E-state index contributed by atoms with van der Waals surface area (Å²) in [5, 5.41) is 18.9. The van der Waals surface area contributed by atoms with Crippen molar-refractivity contribution in [2.75, 3.05) is 12.8 Å². The molecule has 0 spiro atoms. The van der Waals surface area contributed by atoms with Crippen molar-refractivity contribution < 1.29 is 34.1 Å². The molecule has 2 atom stereocenters. The van der Waals surface area contributed by atoms with Crippen LogP contribution in [0.25, 0.3) is 0 Å². The highest BCUT2D eigenvalue weighted by Gasteiger charge is 2.26. The Hall–Kier alpha value is -0.460. The fourth-order valence-electron chi connectivity index (χ4n) is 3.72. The lowest BCUT2D eigenvalue weighted by Crippen LogP contribution is -2.34. The first-order valence-electron chi connectivity index (χ1n) is 12.3. The van der Waals surface area contributed by atoms with Gasteiger partial charge in [-0.3, -0.25) is 9.36 Å². The minimum atomic E-state index is -4.50. The number of hydrogen-bond donors (Lipinski definition) is 4. The summed E-state index contributed by atoms with van der Waals surface area (Å²) >= 11 is 0. The van der Waals surface area contributed by atoms with Crippen molar-refractivity contribution in [1.82, 2.24) is 0 Å². The van der Waals surface area contributed by atoms with Crippen molar-refractivity contribution in [3.63, 3.8) is 0 Å². The summed E-state index contributed by atoms with van der Waals surface area (Å²) in [6, 6.07) is 0. The van der Waals surface area contributed by atoms with Crippen LogP contribution in [-0.4, -0.2) is 50.9 Å². The van der Waals surface area contributed by atoms with E-state index in [1.54, 1.807) is 0 Å². The molecule has 1 unspecified atom stereocenters. The highest BCUT2D eigenvalue weighted by molar-refractivity contribution is 7.52. The van der Waals surface area contributed by atoms with E-state index in [0.29, 0.717) is 6.42 Å². The normalized spacial score (nSPS) is 13.8. The fraction of sp³-hybridized carbons (Fsp3) is 0.957. The zero-order valence-corrected chi connectivity index (χ0v) is 20.4. The van der Waals surface area contributed by atoms with Crippen LogP contribution in [0.1, 0.15) is 116 Å². The monoisotopic (exact) mass is 466 g/mol. The molecular weight excluding hydrogens is 419 g/mol. The standard InChI is InChI=1S/C23H47O7P/c1-2-3-4-5-6-7-8-9-10-11-12-13-14-15-16-17-18-22(21(25)19-24)30-23(26)20-31(27,28)29/h21-22,24-25H,2-20H2,1H3,(H2,27,28,29)/t21-,22?/m0/s1. The van der Waals surface area contributed by atoms with Gasteiger partial charge < -0.3 is 24.7 Å². The van der Waals surface area contributed by atoms with E-state index in [9.17, 15) is 14.5 Å². The number of unbranched alkanes of at least 4 members (excludes halogenated alkanes) is 15. The first-order chi connectivity index (χ1) is 14.8. The average molecular weight is 467 g/mol. The van der Waals surface area contributed by atoms with E-state index in [0.717, 1.165) is 25.7 Å². The zero-order chi connectivity index (χ0) is 23.4. The van der Waals surface area contributed by atoms with Gasteiger partial charge in [0.1, 0.15) is 18.4 Å². The first-order valence-corrected chi connectivity index (χ1v) is 14.1. The Labute approximate surface area is 189 Å². The van der Waals surface area contributed by atoms with Crippen molar-refractivity contribution >= 4 is 13.6 Å². The molecule has 0 fully saturated rings. The molecule has 0 heterocycles. The number of carbonyl (C=O) groups excluding carboxylic acids is 1.